The van der Waals surface area contributed by atoms with E-state index in [4.69, 9.17) is 0 Å². The summed E-state index contributed by atoms with van der Waals surface area (Å²) in [5.74, 6) is -2.78. The van der Waals surface area contributed by atoms with Crippen LogP contribution in [0.4, 0.5) is 5.69 Å². The van der Waals surface area contributed by atoms with E-state index in [9.17, 15) is 24.5 Å². The molecule has 1 heterocycles. The van der Waals surface area contributed by atoms with Crippen molar-refractivity contribution in [2.75, 3.05) is 14.2 Å². The first kappa shape index (κ1) is 16.8. The van der Waals surface area contributed by atoms with Crippen LogP contribution in [0.25, 0.3) is 0 Å². The summed E-state index contributed by atoms with van der Waals surface area (Å²) < 4.78 is 9.58. The number of carbonyl (C=O) groups excluding carboxylic acids is 3. The zero-order valence-electron chi connectivity index (χ0n) is 12.6. The van der Waals surface area contributed by atoms with E-state index in [1.807, 2.05) is 0 Å². The van der Waals surface area contributed by atoms with Crippen molar-refractivity contribution in [2.45, 2.75) is 0 Å². The molecule has 2 aromatic rings. The number of esters is 2. The Kier molecular flexibility index (Phi) is 4.68. The summed E-state index contributed by atoms with van der Waals surface area (Å²) in [4.78, 5) is 46.2. The number of nitro benzene ring substituents is 1. The standard InChI is InChI=1S/C14H11N3O7/c1-23-13(19)9-7-11(14(20)24-2)16(15-9)12(18)8-5-3-4-6-10(8)17(21)22/h3-7H,1-2H3. The van der Waals surface area contributed by atoms with Gasteiger partial charge in [0.05, 0.1) is 19.1 Å². The largest absolute Gasteiger partial charge is 0.464 e. The average Bonchev–Trinajstić information content (AvgIpc) is 3.04. The Morgan fingerprint density at radius 2 is 1.75 bits per heavy atom. The van der Waals surface area contributed by atoms with Gasteiger partial charge in [-0.15, -0.1) is 0 Å². The summed E-state index contributed by atoms with van der Waals surface area (Å²) in [6, 6.07) is 6.16. The minimum absolute atomic E-state index is 0.299. The molecular weight excluding hydrogens is 322 g/mol. The highest BCUT2D eigenvalue weighted by Gasteiger charge is 2.28. The first-order valence-electron chi connectivity index (χ1n) is 6.45. The molecule has 0 aliphatic heterocycles. The van der Waals surface area contributed by atoms with Gasteiger partial charge >= 0.3 is 11.9 Å². The van der Waals surface area contributed by atoms with Crippen LogP contribution in [-0.2, 0) is 9.47 Å². The van der Waals surface area contributed by atoms with Crippen LogP contribution in [0, 0.1) is 10.1 Å². The minimum Gasteiger partial charge on any atom is -0.464 e. The maximum absolute atomic E-state index is 12.6. The Hall–Kier alpha value is -3.56. The molecule has 1 aromatic heterocycles. The van der Waals surface area contributed by atoms with Crippen LogP contribution < -0.4 is 0 Å². The molecule has 2 rings (SSSR count). The highest BCUT2D eigenvalue weighted by atomic mass is 16.6. The fourth-order valence-corrected chi connectivity index (χ4v) is 1.92. The van der Waals surface area contributed by atoms with Crippen molar-refractivity contribution in [3.63, 3.8) is 0 Å². The lowest BCUT2D eigenvalue weighted by Crippen LogP contribution is -2.21. The fourth-order valence-electron chi connectivity index (χ4n) is 1.92. The third-order valence-electron chi connectivity index (χ3n) is 3.02. The molecule has 0 amide bonds. The van der Waals surface area contributed by atoms with Crippen molar-refractivity contribution in [3.8, 4) is 0 Å². The summed E-state index contributed by atoms with van der Waals surface area (Å²) in [7, 11) is 2.18. The van der Waals surface area contributed by atoms with Gasteiger partial charge in [0.25, 0.3) is 11.6 Å². The molecule has 1 aromatic carbocycles. The zero-order valence-corrected chi connectivity index (χ0v) is 12.6. The van der Waals surface area contributed by atoms with Crippen LogP contribution in [0.15, 0.2) is 30.3 Å². The Morgan fingerprint density at radius 3 is 2.33 bits per heavy atom. The smallest absolute Gasteiger partial charge is 0.358 e. The van der Waals surface area contributed by atoms with Crippen molar-refractivity contribution < 1.29 is 28.8 Å². The van der Waals surface area contributed by atoms with Gasteiger partial charge in [-0.3, -0.25) is 14.9 Å². The number of rotatable bonds is 4. The van der Waals surface area contributed by atoms with E-state index >= 15 is 0 Å². The maximum atomic E-state index is 12.6. The van der Waals surface area contributed by atoms with Gasteiger partial charge in [0.2, 0.25) is 0 Å². The first-order valence-corrected chi connectivity index (χ1v) is 6.45. The van der Waals surface area contributed by atoms with Crippen molar-refractivity contribution in [3.05, 3.63) is 57.4 Å². The van der Waals surface area contributed by atoms with Gasteiger partial charge in [0.1, 0.15) is 5.56 Å². The molecule has 0 saturated heterocycles. The van der Waals surface area contributed by atoms with E-state index in [0.29, 0.717) is 4.68 Å². The van der Waals surface area contributed by atoms with Crippen molar-refractivity contribution >= 4 is 23.5 Å². The summed E-state index contributed by atoms with van der Waals surface area (Å²) >= 11 is 0. The van der Waals surface area contributed by atoms with Crippen LogP contribution >= 0.6 is 0 Å². The highest BCUT2D eigenvalue weighted by molar-refractivity contribution is 6.04. The van der Waals surface area contributed by atoms with E-state index in [1.165, 1.54) is 18.2 Å². The van der Waals surface area contributed by atoms with Crippen molar-refractivity contribution in [2.24, 2.45) is 0 Å². The predicted molar refractivity (Wildman–Crippen MR) is 77.7 cm³/mol. The Bertz CT molecular complexity index is 841. The Labute approximate surface area is 134 Å². The molecule has 0 spiro atoms. The molecule has 0 radical (unpaired) electrons. The maximum Gasteiger partial charge on any atom is 0.358 e. The first-order chi connectivity index (χ1) is 11.4. The van der Waals surface area contributed by atoms with Gasteiger partial charge in [-0.05, 0) is 6.07 Å². The third-order valence-corrected chi connectivity index (χ3v) is 3.02. The van der Waals surface area contributed by atoms with Crippen molar-refractivity contribution in [1.29, 1.82) is 0 Å². The molecule has 0 atom stereocenters. The summed E-state index contributed by atoms with van der Waals surface area (Å²) in [5.41, 5.74) is -1.44. The van der Waals surface area contributed by atoms with Gasteiger partial charge in [-0.2, -0.15) is 9.78 Å². The number of carbonyl (C=O) groups is 3. The van der Waals surface area contributed by atoms with E-state index in [2.05, 4.69) is 14.6 Å². The zero-order chi connectivity index (χ0) is 17.9. The number of hydrogen-bond donors (Lipinski definition) is 0. The number of aromatic nitrogens is 2. The number of nitrogens with zero attached hydrogens (tertiary/aromatic N) is 3. The van der Waals surface area contributed by atoms with E-state index in [-0.39, 0.29) is 17.0 Å². The normalized spacial score (nSPS) is 10.1. The molecule has 0 unspecified atom stereocenters. The SMILES string of the molecule is COC(=O)c1cc(C(=O)OC)n(C(=O)c2ccccc2[N+](=O)[O-])n1. The van der Waals surface area contributed by atoms with Crippen LogP contribution in [0.2, 0.25) is 0 Å². The van der Waals surface area contributed by atoms with Gasteiger partial charge in [0.15, 0.2) is 11.4 Å². The molecular formula is C14H11N3O7. The second-order valence-electron chi connectivity index (χ2n) is 4.39. The lowest BCUT2D eigenvalue weighted by Gasteiger charge is -2.05. The van der Waals surface area contributed by atoms with E-state index in [1.54, 1.807) is 0 Å². The monoisotopic (exact) mass is 333 g/mol. The number of nitro groups is 1. The topological polar surface area (TPSA) is 131 Å². The second-order valence-corrected chi connectivity index (χ2v) is 4.39. The molecule has 0 N–H and O–H groups in total. The molecule has 0 saturated carbocycles. The molecule has 124 valence electrons. The summed E-state index contributed by atoms with van der Waals surface area (Å²) in [6.45, 7) is 0. The number of ether oxygens (including phenoxy) is 2. The van der Waals surface area contributed by atoms with Gasteiger partial charge in [-0.1, -0.05) is 12.1 Å². The molecule has 0 aliphatic carbocycles. The average molecular weight is 333 g/mol. The lowest BCUT2D eigenvalue weighted by atomic mass is 10.1. The van der Waals surface area contributed by atoms with Crippen LogP contribution in [-0.4, -0.2) is 46.8 Å². The van der Waals surface area contributed by atoms with Gasteiger partial charge in [-0.25, -0.2) is 9.59 Å². The predicted octanol–water partition coefficient (Wildman–Crippen LogP) is 1.05. The Balaban J connectivity index is 2.61. The highest BCUT2D eigenvalue weighted by Crippen LogP contribution is 2.20. The van der Waals surface area contributed by atoms with Gasteiger partial charge < -0.3 is 9.47 Å². The number of benzene rings is 1. The summed E-state index contributed by atoms with van der Waals surface area (Å²) in [6.07, 6.45) is 0. The second kappa shape index (κ2) is 6.69. The van der Waals surface area contributed by atoms with Crippen LogP contribution in [0.3, 0.4) is 0 Å². The van der Waals surface area contributed by atoms with E-state index < -0.39 is 28.5 Å². The number of hydrogen-bond acceptors (Lipinski definition) is 8. The Morgan fingerprint density at radius 1 is 1.12 bits per heavy atom. The quantitative estimate of drug-likeness (QED) is 0.461. The molecule has 10 nitrogen and oxygen atoms in total. The minimum atomic E-state index is -0.960. The van der Waals surface area contributed by atoms with Crippen LogP contribution in [0.1, 0.15) is 31.3 Å². The molecule has 0 aliphatic rings. The number of para-hydroxylation sites is 1. The lowest BCUT2D eigenvalue weighted by molar-refractivity contribution is -0.385. The number of methoxy groups -OCH3 is 2. The third kappa shape index (κ3) is 2.97. The summed E-state index contributed by atoms with van der Waals surface area (Å²) in [5, 5.41) is 14.7. The molecule has 10 heteroatoms. The molecule has 0 bridgehead atoms. The van der Waals surface area contributed by atoms with Crippen molar-refractivity contribution in [1.82, 2.24) is 9.78 Å². The fraction of sp³-hybridized carbons (Fsp3) is 0.143. The molecule has 24 heavy (non-hydrogen) atoms. The van der Waals surface area contributed by atoms with Gasteiger partial charge in [0, 0.05) is 12.1 Å². The van der Waals surface area contributed by atoms with E-state index in [0.717, 1.165) is 26.4 Å². The molecule has 0 fully saturated rings. The van der Waals surface area contributed by atoms with Crippen LogP contribution in [0.5, 0.6) is 0 Å².